The maximum atomic E-state index is 4.46. The molecule has 0 saturated heterocycles. The molecule has 1 rings (SSSR count). The van der Waals surface area contributed by atoms with Crippen LogP contribution in [0, 0.1) is 6.92 Å². The van der Waals surface area contributed by atoms with Gasteiger partial charge in [0.1, 0.15) is 0 Å². The average Bonchev–Trinajstić information content (AvgIpc) is 2.33. The molecule has 0 atom stereocenters. The number of pyridine rings is 1. The molecule has 0 fully saturated rings. The largest absolute Gasteiger partial charge is 0.260 e. The van der Waals surface area contributed by atoms with E-state index in [1.165, 1.54) is 16.2 Å². The van der Waals surface area contributed by atoms with Crippen LogP contribution in [0.4, 0.5) is 0 Å². The molecule has 0 spiro atoms. The monoisotopic (exact) mass is 255 g/mol. The number of nitrogens with zero attached hydrogens (tertiary/aromatic N) is 1. The average molecular weight is 255 g/mol. The molecule has 0 aliphatic carbocycles. The lowest BCUT2D eigenvalue weighted by molar-refractivity contribution is 0.567. The fourth-order valence-corrected chi connectivity index (χ4v) is 1.71. The van der Waals surface area contributed by atoms with Gasteiger partial charge in [-0.2, -0.15) is 0 Å². The van der Waals surface area contributed by atoms with Crippen LogP contribution in [0.25, 0.3) is 0 Å². The standard InChI is InChI=1S/C11H17NS.2C2H6/c1-8-6-10(11(2,3)4)12-7-9(8)13-5;2*1-2/h6-7H,1-5H3;2*1-2H3. The summed E-state index contributed by atoms with van der Waals surface area (Å²) in [6, 6.07) is 2.19. The first kappa shape index (κ1) is 18.9. The third kappa shape index (κ3) is 6.72. The molecule has 0 aliphatic rings. The Kier molecular flexibility index (Phi) is 10.6. The topological polar surface area (TPSA) is 12.9 Å². The van der Waals surface area contributed by atoms with E-state index in [-0.39, 0.29) is 5.41 Å². The van der Waals surface area contributed by atoms with Crippen LogP contribution in [0.5, 0.6) is 0 Å². The number of rotatable bonds is 1. The number of hydrogen-bond acceptors (Lipinski definition) is 2. The molecule has 1 aromatic rings. The molecule has 0 saturated carbocycles. The Bertz CT molecular complexity index is 300. The van der Waals surface area contributed by atoms with Crippen molar-refractivity contribution in [2.75, 3.05) is 6.26 Å². The maximum Gasteiger partial charge on any atom is 0.0460 e. The SMILES string of the molecule is CC.CC.CSc1cnc(C(C)(C)C)cc1C. The summed E-state index contributed by atoms with van der Waals surface area (Å²) in [6.07, 6.45) is 4.06. The lowest BCUT2D eigenvalue weighted by Crippen LogP contribution is -2.13. The smallest absolute Gasteiger partial charge is 0.0460 e. The van der Waals surface area contributed by atoms with Crippen LogP contribution >= 0.6 is 11.8 Å². The van der Waals surface area contributed by atoms with E-state index in [9.17, 15) is 0 Å². The third-order valence-electron chi connectivity index (χ3n) is 2.05. The van der Waals surface area contributed by atoms with E-state index < -0.39 is 0 Å². The zero-order chi connectivity index (χ0) is 14.1. The van der Waals surface area contributed by atoms with Gasteiger partial charge in [-0.25, -0.2) is 0 Å². The highest BCUT2D eigenvalue weighted by molar-refractivity contribution is 7.98. The van der Waals surface area contributed by atoms with Crippen LogP contribution in [0.3, 0.4) is 0 Å². The molecule has 0 aliphatic heterocycles. The van der Waals surface area contributed by atoms with E-state index in [1.54, 1.807) is 11.8 Å². The summed E-state index contributed by atoms with van der Waals surface area (Å²) in [7, 11) is 0. The summed E-state index contributed by atoms with van der Waals surface area (Å²) in [5.41, 5.74) is 2.65. The Labute approximate surface area is 112 Å². The minimum absolute atomic E-state index is 0.154. The lowest BCUT2D eigenvalue weighted by Gasteiger charge is -2.18. The van der Waals surface area contributed by atoms with Gasteiger partial charge >= 0.3 is 0 Å². The van der Waals surface area contributed by atoms with Crippen LogP contribution in [0.2, 0.25) is 0 Å². The predicted octanol–water partition coefficient (Wildman–Crippen LogP) is 5.46. The number of thioether (sulfide) groups is 1. The van der Waals surface area contributed by atoms with Gasteiger partial charge in [-0.1, -0.05) is 48.5 Å². The molecule has 0 radical (unpaired) electrons. The minimum atomic E-state index is 0.154. The Morgan fingerprint density at radius 1 is 1.06 bits per heavy atom. The van der Waals surface area contributed by atoms with Gasteiger partial charge < -0.3 is 0 Å². The van der Waals surface area contributed by atoms with Crippen molar-refractivity contribution in [3.63, 3.8) is 0 Å². The first-order valence-corrected chi connectivity index (χ1v) is 7.68. The van der Waals surface area contributed by atoms with Gasteiger partial charge in [0, 0.05) is 22.2 Å². The van der Waals surface area contributed by atoms with E-state index in [1.807, 2.05) is 33.9 Å². The first-order chi connectivity index (χ1) is 7.95. The Morgan fingerprint density at radius 3 is 1.82 bits per heavy atom. The van der Waals surface area contributed by atoms with Crippen molar-refractivity contribution < 1.29 is 0 Å². The van der Waals surface area contributed by atoms with Gasteiger partial charge in [-0.15, -0.1) is 11.8 Å². The molecule has 17 heavy (non-hydrogen) atoms. The van der Waals surface area contributed by atoms with E-state index in [4.69, 9.17) is 0 Å². The summed E-state index contributed by atoms with van der Waals surface area (Å²) in [6.45, 7) is 16.7. The van der Waals surface area contributed by atoms with E-state index >= 15 is 0 Å². The molecule has 0 bridgehead atoms. The molecule has 1 aromatic heterocycles. The number of aromatic nitrogens is 1. The van der Waals surface area contributed by atoms with Gasteiger partial charge in [-0.3, -0.25) is 4.98 Å². The fraction of sp³-hybridized carbons (Fsp3) is 0.667. The van der Waals surface area contributed by atoms with Crippen LogP contribution in [0.15, 0.2) is 17.2 Å². The van der Waals surface area contributed by atoms with Crippen molar-refractivity contribution in [3.8, 4) is 0 Å². The second kappa shape index (κ2) is 9.52. The second-order valence-corrected chi connectivity index (χ2v) is 5.14. The highest BCUT2D eigenvalue weighted by atomic mass is 32.2. The van der Waals surface area contributed by atoms with Crippen LogP contribution < -0.4 is 0 Å². The van der Waals surface area contributed by atoms with E-state index in [0.29, 0.717) is 0 Å². The molecule has 0 N–H and O–H groups in total. The highest BCUT2D eigenvalue weighted by Crippen LogP contribution is 2.25. The molecule has 0 aromatic carbocycles. The van der Waals surface area contributed by atoms with Gasteiger partial charge in [0.25, 0.3) is 0 Å². The van der Waals surface area contributed by atoms with E-state index in [2.05, 4.69) is 45.0 Å². The van der Waals surface area contributed by atoms with Crippen molar-refractivity contribution in [3.05, 3.63) is 23.5 Å². The minimum Gasteiger partial charge on any atom is -0.260 e. The number of hydrogen-bond donors (Lipinski definition) is 0. The van der Waals surface area contributed by atoms with Crippen LogP contribution in [-0.2, 0) is 5.41 Å². The molecule has 1 nitrogen and oxygen atoms in total. The van der Waals surface area contributed by atoms with Crippen molar-refractivity contribution in [2.45, 2.75) is 65.7 Å². The first-order valence-electron chi connectivity index (χ1n) is 6.46. The summed E-state index contributed by atoms with van der Waals surface area (Å²) >= 11 is 1.75. The van der Waals surface area contributed by atoms with Crippen molar-refractivity contribution in [1.29, 1.82) is 0 Å². The molecule has 1 heterocycles. The third-order valence-corrected chi connectivity index (χ3v) is 2.92. The zero-order valence-electron chi connectivity index (χ0n) is 13.0. The second-order valence-electron chi connectivity index (χ2n) is 4.29. The number of aryl methyl sites for hydroxylation is 1. The molecule has 2 heteroatoms. The Hall–Kier alpha value is -0.500. The van der Waals surface area contributed by atoms with Gasteiger partial charge in [0.05, 0.1) is 0 Å². The fourth-order valence-electron chi connectivity index (χ4n) is 1.17. The maximum absolute atomic E-state index is 4.46. The summed E-state index contributed by atoms with van der Waals surface area (Å²) in [5, 5.41) is 0. The van der Waals surface area contributed by atoms with Crippen LogP contribution in [0.1, 0.15) is 59.7 Å². The highest BCUT2D eigenvalue weighted by Gasteiger charge is 2.15. The van der Waals surface area contributed by atoms with Crippen molar-refractivity contribution in [1.82, 2.24) is 4.98 Å². The van der Waals surface area contributed by atoms with E-state index in [0.717, 1.165) is 0 Å². The quantitative estimate of drug-likeness (QED) is 0.618. The molecular formula is C15H29NS. The molecule has 0 amide bonds. The molecule has 0 unspecified atom stereocenters. The predicted molar refractivity (Wildman–Crippen MR) is 82.2 cm³/mol. The zero-order valence-corrected chi connectivity index (χ0v) is 13.8. The summed E-state index contributed by atoms with van der Waals surface area (Å²) < 4.78 is 0. The van der Waals surface area contributed by atoms with Gasteiger partial charge in [0.2, 0.25) is 0 Å². The Balaban J connectivity index is 0. The van der Waals surface area contributed by atoms with Gasteiger partial charge in [0.15, 0.2) is 0 Å². The Morgan fingerprint density at radius 2 is 1.53 bits per heavy atom. The van der Waals surface area contributed by atoms with Crippen LogP contribution in [-0.4, -0.2) is 11.2 Å². The summed E-state index contributed by atoms with van der Waals surface area (Å²) in [5.74, 6) is 0. The van der Waals surface area contributed by atoms with Gasteiger partial charge in [-0.05, 0) is 24.8 Å². The normalized spacial score (nSPS) is 9.71. The molecular weight excluding hydrogens is 226 g/mol. The van der Waals surface area contributed by atoms with Crippen molar-refractivity contribution >= 4 is 11.8 Å². The molecule has 100 valence electrons. The van der Waals surface area contributed by atoms with Crippen molar-refractivity contribution in [2.24, 2.45) is 0 Å². The lowest BCUT2D eigenvalue weighted by atomic mass is 9.91. The summed E-state index contributed by atoms with van der Waals surface area (Å²) in [4.78, 5) is 5.73.